The van der Waals surface area contributed by atoms with E-state index in [0.29, 0.717) is 5.54 Å². The van der Waals surface area contributed by atoms with E-state index in [4.69, 9.17) is 8.85 Å². The third kappa shape index (κ3) is 10.4. The Morgan fingerprint density at radius 1 is 1.07 bits per heavy atom. The standard InChI is InChI=1S/C10H24O2Si.CH5N/c1-5-8-9-10(4)13(11-6-2)12-7-3;1-2/h10,13H,5-9H2,1-4H3;2H2,1H3. The fraction of sp³-hybridized carbons (Fsp3) is 1.00. The van der Waals surface area contributed by atoms with E-state index in [1.54, 1.807) is 0 Å². The van der Waals surface area contributed by atoms with Crippen LogP contribution in [0.2, 0.25) is 5.54 Å². The monoisotopic (exact) mass is 235 g/mol. The molecule has 15 heavy (non-hydrogen) atoms. The van der Waals surface area contributed by atoms with E-state index in [2.05, 4.69) is 19.6 Å². The predicted molar refractivity (Wildman–Crippen MR) is 69.5 cm³/mol. The Hall–Kier alpha value is 0.0969. The number of hydrogen-bond donors (Lipinski definition) is 1. The molecule has 0 spiro atoms. The molecule has 0 amide bonds. The van der Waals surface area contributed by atoms with Crippen LogP contribution in [0.3, 0.4) is 0 Å². The number of unbranched alkanes of at least 4 members (excludes halogenated alkanes) is 1. The zero-order chi connectivity index (χ0) is 12.1. The lowest BCUT2D eigenvalue weighted by molar-refractivity contribution is 0.203. The van der Waals surface area contributed by atoms with Crippen LogP contribution in [-0.4, -0.2) is 29.5 Å². The molecule has 94 valence electrons. The Balaban J connectivity index is 0. The van der Waals surface area contributed by atoms with Gasteiger partial charge >= 0.3 is 9.28 Å². The average molecular weight is 235 g/mol. The van der Waals surface area contributed by atoms with E-state index >= 15 is 0 Å². The van der Waals surface area contributed by atoms with Gasteiger partial charge < -0.3 is 14.6 Å². The van der Waals surface area contributed by atoms with Gasteiger partial charge in [0.1, 0.15) is 0 Å². The molecular formula is C11H29NO2Si. The van der Waals surface area contributed by atoms with Crippen LogP contribution in [0.4, 0.5) is 0 Å². The Kier molecular flexibility index (Phi) is 16.4. The molecule has 1 atom stereocenters. The maximum absolute atomic E-state index is 5.66. The zero-order valence-corrected chi connectivity index (χ0v) is 12.2. The molecule has 0 rings (SSSR count). The highest BCUT2D eigenvalue weighted by Crippen LogP contribution is 2.19. The summed E-state index contributed by atoms with van der Waals surface area (Å²) in [4.78, 5) is 0. The lowest BCUT2D eigenvalue weighted by atomic mass is 10.2. The summed E-state index contributed by atoms with van der Waals surface area (Å²) in [6, 6.07) is 0. The minimum atomic E-state index is -1.36. The first-order valence-electron chi connectivity index (χ1n) is 6.07. The number of hydrogen-bond acceptors (Lipinski definition) is 3. The third-order valence-electron chi connectivity index (χ3n) is 2.14. The molecule has 0 aromatic rings. The molecule has 0 saturated carbocycles. The minimum absolute atomic E-state index is 0.653. The van der Waals surface area contributed by atoms with Gasteiger partial charge in [0.25, 0.3) is 0 Å². The second-order valence-corrected chi connectivity index (χ2v) is 5.94. The molecule has 0 heterocycles. The first-order valence-corrected chi connectivity index (χ1v) is 7.68. The molecule has 0 aliphatic rings. The smallest absolute Gasteiger partial charge is 0.324 e. The lowest BCUT2D eigenvalue weighted by Gasteiger charge is -2.21. The summed E-state index contributed by atoms with van der Waals surface area (Å²) in [7, 11) is 0.140. The van der Waals surface area contributed by atoms with Crippen molar-refractivity contribution in [2.24, 2.45) is 5.73 Å². The van der Waals surface area contributed by atoms with E-state index in [-0.39, 0.29) is 0 Å². The second-order valence-electron chi connectivity index (χ2n) is 3.40. The molecule has 0 bridgehead atoms. The van der Waals surface area contributed by atoms with E-state index in [0.717, 1.165) is 13.2 Å². The molecule has 2 N–H and O–H groups in total. The second kappa shape index (κ2) is 14.1. The van der Waals surface area contributed by atoms with Crippen LogP contribution in [0.5, 0.6) is 0 Å². The quantitative estimate of drug-likeness (QED) is 0.657. The van der Waals surface area contributed by atoms with Crippen molar-refractivity contribution in [2.75, 3.05) is 20.3 Å². The summed E-state index contributed by atoms with van der Waals surface area (Å²) in [6.07, 6.45) is 3.82. The fourth-order valence-corrected chi connectivity index (χ4v) is 3.29. The van der Waals surface area contributed by atoms with Crippen LogP contribution in [0.25, 0.3) is 0 Å². The molecule has 0 saturated heterocycles. The third-order valence-corrected chi connectivity index (χ3v) is 4.73. The van der Waals surface area contributed by atoms with Gasteiger partial charge in [-0.15, -0.1) is 0 Å². The van der Waals surface area contributed by atoms with Crippen molar-refractivity contribution in [3.05, 3.63) is 0 Å². The van der Waals surface area contributed by atoms with E-state index in [1.807, 2.05) is 13.8 Å². The molecule has 0 aliphatic heterocycles. The van der Waals surface area contributed by atoms with Crippen molar-refractivity contribution in [1.82, 2.24) is 0 Å². The zero-order valence-electron chi connectivity index (χ0n) is 11.1. The Bertz CT molecular complexity index is 109. The van der Waals surface area contributed by atoms with Crippen molar-refractivity contribution < 1.29 is 8.85 Å². The average Bonchev–Trinajstić information content (AvgIpc) is 2.28. The summed E-state index contributed by atoms with van der Waals surface area (Å²) in [5.74, 6) is 0. The van der Waals surface area contributed by atoms with Crippen LogP contribution in [0.1, 0.15) is 47.0 Å². The largest absolute Gasteiger partial charge is 0.397 e. The molecule has 0 fully saturated rings. The van der Waals surface area contributed by atoms with Crippen LogP contribution in [0, 0.1) is 0 Å². The summed E-state index contributed by atoms with van der Waals surface area (Å²) < 4.78 is 11.3. The predicted octanol–water partition coefficient (Wildman–Crippen LogP) is 2.44. The van der Waals surface area contributed by atoms with Crippen LogP contribution >= 0.6 is 0 Å². The highest BCUT2D eigenvalue weighted by molar-refractivity contribution is 6.46. The first-order chi connectivity index (χ1) is 7.26. The van der Waals surface area contributed by atoms with Crippen molar-refractivity contribution in [3.63, 3.8) is 0 Å². The van der Waals surface area contributed by atoms with Gasteiger partial charge in [0, 0.05) is 13.2 Å². The van der Waals surface area contributed by atoms with Crippen LogP contribution in [0.15, 0.2) is 0 Å². The highest BCUT2D eigenvalue weighted by atomic mass is 28.3. The van der Waals surface area contributed by atoms with Gasteiger partial charge in [-0.05, 0) is 32.9 Å². The SMILES string of the molecule is CCCCC(C)[SiH](OCC)OCC.CN. The molecule has 0 aromatic carbocycles. The molecule has 0 radical (unpaired) electrons. The normalized spacial score (nSPS) is 12.2. The first kappa shape index (κ1) is 17.5. The van der Waals surface area contributed by atoms with Gasteiger partial charge in [0.15, 0.2) is 0 Å². The molecule has 4 heteroatoms. The van der Waals surface area contributed by atoms with Crippen LogP contribution in [-0.2, 0) is 8.85 Å². The van der Waals surface area contributed by atoms with E-state index in [1.165, 1.54) is 26.3 Å². The maximum atomic E-state index is 5.66. The van der Waals surface area contributed by atoms with Gasteiger partial charge in [0.2, 0.25) is 0 Å². The topological polar surface area (TPSA) is 44.5 Å². The molecule has 0 aromatic heterocycles. The van der Waals surface area contributed by atoms with Gasteiger partial charge in [-0.25, -0.2) is 0 Å². The Morgan fingerprint density at radius 2 is 1.53 bits per heavy atom. The molecule has 0 aliphatic carbocycles. The summed E-state index contributed by atoms with van der Waals surface area (Å²) in [5.41, 5.74) is 5.15. The van der Waals surface area contributed by atoms with E-state index < -0.39 is 9.28 Å². The van der Waals surface area contributed by atoms with Crippen molar-refractivity contribution >= 4 is 9.28 Å². The minimum Gasteiger partial charge on any atom is -0.397 e. The van der Waals surface area contributed by atoms with Gasteiger partial charge in [-0.2, -0.15) is 0 Å². The lowest BCUT2D eigenvalue weighted by Crippen LogP contribution is -2.27. The summed E-state index contributed by atoms with van der Waals surface area (Å²) in [6.45, 7) is 10.2. The Labute approximate surface area is 97.2 Å². The fourth-order valence-electron chi connectivity index (χ4n) is 1.37. The van der Waals surface area contributed by atoms with Gasteiger partial charge in [0.05, 0.1) is 0 Å². The summed E-state index contributed by atoms with van der Waals surface area (Å²) in [5, 5.41) is 0. The molecule has 3 nitrogen and oxygen atoms in total. The van der Waals surface area contributed by atoms with Gasteiger partial charge in [-0.3, -0.25) is 0 Å². The highest BCUT2D eigenvalue weighted by Gasteiger charge is 2.20. The van der Waals surface area contributed by atoms with Gasteiger partial charge in [-0.1, -0.05) is 26.7 Å². The van der Waals surface area contributed by atoms with Crippen molar-refractivity contribution in [3.8, 4) is 0 Å². The molecule has 1 unspecified atom stereocenters. The maximum Gasteiger partial charge on any atom is 0.324 e. The van der Waals surface area contributed by atoms with Crippen molar-refractivity contribution in [2.45, 2.75) is 52.5 Å². The summed E-state index contributed by atoms with van der Waals surface area (Å²) >= 11 is 0. The Morgan fingerprint density at radius 3 is 1.87 bits per heavy atom. The molecular weight excluding hydrogens is 206 g/mol. The van der Waals surface area contributed by atoms with Crippen molar-refractivity contribution in [1.29, 1.82) is 0 Å². The number of rotatable bonds is 8. The van der Waals surface area contributed by atoms with Crippen LogP contribution < -0.4 is 5.73 Å². The number of nitrogens with two attached hydrogens (primary N) is 1. The van der Waals surface area contributed by atoms with E-state index in [9.17, 15) is 0 Å².